The zero-order valence-corrected chi connectivity index (χ0v) is 12.2. The molecule has 1 heterocycles. The van der Waals surface area contributed by atoms with Gasteiger partial charge in [0.05, 0.1) is 0 Å². The fourth-order valence-electron chi connectivity index (χ4n) is 5.27. The van der Waals surface area contributed by atoms with Crippen LogP contribution in [0, 0.1) is 17.8 Å². The average Bonchev–Trinajstić information content (AvgIpc) is 2.53. The zero-order chi connectivity index (χ0) is 12.2. The van der Waals surface area contributed by atoms with Crippen molar-refractivity contribution in [2.45, 2.75) is 56.9 Å². The van der Waals surface area contributed by atoms with Gasteiger partial charge in [-0.15, -0.1) is 12.4 Å². The second-order valence-electron chi connectivity index (χ2n) is 6.75. The molecule has 2 saturated carbocycles. The normalized spacial score (nSPS) is 43.7. The van der Waals surface area contributed by atoms with Gasteiger partial charge in [-0.05, 0) is 49.9 Å². The van der Waals surface area contributed by atoms with Crippen molar-refractivity contribution in [2.75, 3.05) is 0 Å². The molecule has 4 aliphatic rings. The molecule has 4 unspecified atom stereocenters. The van der Waals surface area contributed by atoms with Crippen LogP contribution in [0.5, 0.6) is 0 Å². The third kappa shape index (κ3) is 1.83. The molecule has 2 N–H and O–H groups in total. The Morgan fingerprint density at radius 2 is 2.00 bits per heavy atom. The van der Waals surface area contributed by atoms with E-state index in [2.05, 4.69) is 17.5 Å². The van der Waals surface area contributed by atoms with E-state index in [1.807, 2.05) is 0 Å². The fourth-order valence-corrected chi connectivity index (χ4v) is 5.27. The second kappa shape index (κ2) is 4.73. The molecule has 0 saturated heterocycles. The summed E-state index contributed by atoms with van der Waals surface area (Å²) >= 11 is 0. The molecule has 19 heavy (non-hydrogen) atoms. The molecule has 2 fully saturated rings. The molecule has 2 bridgehead atoms. The van der Waals surface area contributed by atoms with Gasteiger partial charge in [0.2, 0.25) is 0 Å². The molecule has 0 aromatic carbocycles. The Balaban J connectivity index is 0.00000110. The average molecular weight is 282 g/mol. The first kappa shape index (κ1) is 13.4. The van der Waals surface area contributed by atoms with E-state index in [0.717, 1.165) is 11.8 Å². The minimum Gasteiger partial charge on any atom is -0.495 e. The van der Waals surface area contributed by atoms with Gasteiger partial charge in [0.15, 0.2) is 5.88 Å². The van der Waals surface area contributed by atoms with Gasteiger partial charge in [0.1, 0.15) is 0 Å². The summed E-state index contributed by atoms with van der Waals surface area (Å²) in [7, 11) is 0. The molecule has 106 valence electrons. The maximum Gasteiger partial charge on any atom is 0.188 e. The van der Waals surface area contributed by atoms with Crippen LogP contribution in [-0.2, 0) is 0 Å². The van der Waals surface area contributed by atoms with Gasteiger partial charge in [-0.25, -0.2) is 0 Å². The quantitative estimate of drug-likeness (QED) is 0.701. The van der Waals surface area contributed by atoms with Crippen molar-refractivity contribution in [1.82, 2.24) is 5.32 Å². The van der Waals surface area contributed by atoms with Crippen LogP contribution < -0.4 is 5.32 Å². The molecule has 0 radical (unpaired) electrons. The summed E-state index contributed by atoms with van der Waals surface area (Å²) in [5, 5.41) is 13.9. The predicted molar refractivity (Wildman–Crippen MR) is 79.3 cm³/mol. The summed E-state index contributed by atoms with van der Waals surface area (Å²) in [6.45, 7) is 0. The lowest BCUT2D eigenvalue weighted by Gasteiger charge is -2.52. The highest BCUT2D eigenvalue weighted by Gasteiger charge is 2.52. The van der Waals surface area contributed by atoms with Gasteiger partial charge in [-0.2, -0.15) is 0 Å². The minimum atomic E-state index is 0. The molecule has 0 amide bonds. The molecule has 4 rings (SSSR count). The smallest absolute Gasteiger partial charge is 0.188 e. The Morgan fingerprint density at radius 3 is 2.89 bits per heavy atom. The van der Waals surface area contributed by atoms with Crippen molar-refractivity contribution >= 4 is 12.4 Å². The number of aliphatic hydroxyl groups is 1. The van der Waals surface area contributed by atoms with E-state index in [9.17, 15) is 5.11 Å². The maximum absolute atomic E-state index is 10.4. The number of rotatable bonds is 0. The van der Waals surface area contributed by atoms with Crippen LogP contribution in [0.4, 0.5) is 0 Å². The van der Waals surface area contributed by atoms with Gasteiger partial charge < -0.3 is 10.4 Å². The summed E-state index contributed by atoms with van der Waals surface area (Å²) in [4.78, 5) is 0. The maximum atomic E-state index is 10.4. The third-order valence-electron chi connectivity index (χ3n) is 5.97. The SMILES string of the molecule is Cl.OC1=C2C=CCC3CCCC4(CCCCC4C23)N1. The largest absolute Gasteiger partial charge is 0.495 e. The number of hydrogen-bond acceptors (Lipinski definition) is 2. The molecule has 0 aromatic rings. The Bertz CT molecular complexity index is 430. The van der Waals surface area contributed by atoms with Gasteiger partial charge in [0, 0.05) is 11.1 Å². The zero-order valence-electron chi connectivity index (χ0n) is 11.4. The van der Waals surface area contributed by atoms with Crippen LogP contribution in [0.2, 0.25) is 0 Å². The molecule has 0 spiro atoms. The summed E-state index contributed by atoms with van der Waals surface area (Å²) < 4.78 is 0. The summed E-state index contributed by atoms with van der Waals surface area (Å²) in [6.07, 6.45) is 15.0. The first-order valence-electron chi connectivity index (χ1n) is 7.68. The number of hydrogen-bond donors (Lipinski definition) is 2. The van der Waals surface area contributed by atoms with Crippen LogP contribution in [-0.4, -0.2) is 10.6 Å². The Labute approximate surface area is 121 Å². The van der Waals surface area contributed by atoms with E-state index >= 15 is 0 Å². The van der Waals surface area contributed by atoms with E-state index in [-0.39, 0.29) is 17.9 Å². The lowest BCUT2D eigenvalue weighted by Crippen LogP contribution is -2.58. The van der Waals surface area contributed by atoms with Crippen LogP contribution in [0.25, 0.3) is 0 Å². The molecular formula is C16H24ClNO. The molecule has 3 aliphatic carbocycles. The van der Waals surface area contributed by atoms with Crippen LogP contribution in [0.15, 0.2) is 23.6 Å². The van der Waals surface area contributed by atoms with Crippen molar-refractivity contribution in [3.8, 4) is 0 Å². The van der Waals surface area contributed by atoms with Gasteiger partial charge >= 0.3 is 0 Å². The van der Waals surface area contributed by atoms with E-state index in [1.165, 1.54) is 56.9 Å². The molecule has 3 heteroatoms. The number of nitrogens with one attached hydrogen (secondary N) is 1. The molecular weight excluding hydrogens is 258 g/mol. The first-order valence-corrected chi connectivity index (χ1v) is 7.68. The summed E-state index contributed by atoms with van der Waals surface area (Å²) in [6, 6.07) is 0. The van der Waals surface area contributed by atoms with E-state index in [4.69, 9.17) is 0 Å². The Kier molecular flexibility index (Phi) is 3.33. The Morgan fingerprint density at radius 1 is 1.16 bits per heavy atom. The van der Waals surface area contributed by atoms with Crippen LogP contribution in [0.1, 0.15) is 51.4 Å². The van der Waals surface area contributed by atoms with E-state index in [1.54, 1.807) is 0 Å². The number of allylic oxidation sites excluding steroid dienone is 3. The van der Waals surface area contributed by atoms with Gasteiger partial charge in [-0.3, -0.25) is 0 Å². The molecule has 4 atom stereocenters. The fraction of sp³-hybridized carbons (Fsp3) is 0.750. The molecule has 2 nitrogen and oxygen atoms in total. The topological polar surface area (TPSA) is 32.3 Å². The minimum absolute atomic E-state index is 0. The highest BCUT2D eigenvalue weighted by molar-refractivity contribution is 5.85. The predicted octanol–water partition coefficient (Wildman–Crippen LogP) is 4.09. The monoisotopic (exact) mass is 281 g/mol. The highest BCUT2D eigenvalue weighted by atomic mass is 35.5. The van der Waals surface area contributed by atoms with Gasteiger partial charge in [-0.1, -0.05) is 31.4 Å². The molecule has 1 aliphatic heterocycles. The van der Waals surface area contributed by atoms with Crippen LogP contribution >= 0.6 is 12.4 Å². The van der Waals surface area contributed by atoms with Crippen molar-refractivity contribution in [3.63, 3.8) is 0 Å². The van der Waals surface area contributed by atoms with Crippen molar-refractivity contribution in [1.29, 1.82) is 0 Å². The number of halogens is 1. The van der Waals surface area contributed by atoms with E-state index in [0.29, 0.717) is 11.8 Å². The highest BCUT2D eigenvalue weighted by Crippen LogP contribution is 2.54. The first-order chi connectivity index (χ1) is 8.80. The van der Waals surface area contributed by atoms with Crippen LogP contribution in [0.3, 0.4) is 0 Å². The second-order valence-corrected chi connectivity index (χ2v) is 6.75. The number of aliphatic hydroxyl groups excluding tert-OH is 1. The van der Waals surface area contributed by atoms with Crippen molar-refractivity contribution in [2.24, 2.45) is 17.8 Å². The van der Waals surface area contributed by atoms with E-state index < -0.39 is 0 Å². The Hall–Kier alpha value is -0.630. The van der Waals surface area contributed by atoms with Crippen molar-refractivity contribution < 1.29 is 5.11 Å². The molecule has 0 aromatic heterocycles. The standard InChI is InChI=1S/C16H23NO.ClH/c18-15-12-7-3-5-11-6-4-10-16(17-15)9-2-1-8-13(16)14(11)12;/h3,7,11,13-14,17-18H,1-2,4-6,8-10H2;1H. The van der Waals surface area contributed by atoms with Crippen molar-refractivity contribution in [3.05, 3.63) is 23.6 Å². The third-order valence-corrected chi connectivity index (χ3v) is 5.97. The van der Waals surface area contributed by atoms with Gasteiger partial charge in [0.25, 0.3) is 0 Å². The lowest BCUT2D eigenvalue weighted by molar-refractivity contribution is 0.0592. The summed E-state index contributed by atoms with van der Waals surface area (Å²) in [5.41, 5.74) is 1.45. The summed E-state index contributed by atoms with van der Waals surface area (Å²) in [5.74, 6) is 2.70. The lowest BCUT2D eigenvalue weighted by atomic mass is 9.59.